The van der Waals surface area contributed by atoms with Crippen molar-refractivity contribution in [3.63, 3.8) is 0 Å². The Balaban J connectivity index is 1.60. The number of anilines is 2. The number of hydrogen-bond acceptors (Lipinski definition) is 4. The maximum Gasteiger partial charge on any atom is 0.319 e. The highest BCUT2D eigenvalue weighted by atomic mass is 16.2. The van der Waals surface area contributed by atoms with E-state index in [1.807, 2.05) is 42.5 Å². The minimum Gasteiger partial charge on any atom is -0.337 e. The van der Waals surface area contributed by atoms with Gasteiger partial charge in [0.2, 0.25) is 5.91 Å². The van der Waals surface area contributed by atoms with Gasteiger partial charge in [-0.05, 0) is 24.3 Å². The average Bonchev–Trinajstić information content (AvgIpc) is 3.13. The van der Waals surface area contributed by atoms with Gasteiger partial charge in [0.05, 0.1) is 5.69 Å². The van der Waals surface area contributed by atoms with E-state index < -0.39 is 0 Å². The highest BCUT2D eigenvalue weighted by Crippen LogP contribution is 2.25. The number of benzene rings is 1. The van der Waals surface area contributed by atoms with E-state index in [0.29, 0.717) is 17.3 Å². The van der Waals surface area contributed by atoms with E-state index in [1.54, 1.807) is 23.0 Å². The van der Waals surface area contributed by atoms with Crippen molar-refractivity contribution >= 4 is 23.4 Å². The van der Waals surface area contributed by atoms with Gasteiger partial charge in [0, 0.05) is 36.3 Å². The molecule has 0 aliphatic carbocycles. The van der Waals surface area contributed by atoms with E-state index >= 15 is 0 Å². The third-order valence-corrected chi connectivity index (χ3v) is 4.28. The molecule has 1 aromatic carbocycles. The van der Waals surface area contributed by atoms with Crippen molar-refractivity contribution in [3.8, 4) is 5.82 Å². The van der Waals surface area contributed by atoms with Gasteiger partial charge >= 0.3 is 6.03 Å². The van der Waals surface area contributed by atoms with Crippen molar-refractivity contribution in [3.05, 3.63) is 66.5 Å². The summed E-state index contributed by atoms with van der Waals surface area (Å²) in [7, 11) is 0. The van der Waals surface area contributed by atoms with Gasteiger partial charge in [0.1, 0.15) is 5.82 Å². The molecule has 30 heavy (non-hydrogen) atoms. The second kappa shape index (κ2) is 9.21. The van der Waals surface area contributed by atoms with Crippen LogP contribution >= 0.6 is 0 Å². The zero-order valence-electron chi connectivity index (χ0n) is 17.3. The Hall–Kier alpha value is -3.68. The first kappa shape index (κ1) is 21.0. The number of rotatable bonds is 6. The molecular formula is C22H26N6O2. The molecule has 0 unspecified atom stereocenters. The number of urea groups is 1. The van der Waals surface area contributed by atoms with Crippen LogP contribution in [0.1, 0.15) is 32.9 Å². The molecule has 0 radical (unpaired) electrons. The Bertz CT molecular complexity index is 993. The summed E-state index contributed by atoms with van der Waals surface area (Å²) in [5.74, 6) is 0.925. The SMILES string of the molecule is CC(C)(C)c1cc(NC(=O)CCNC(=O)Nc2ccccc2)n(-c2ccccn2)n1. The van der Waals surface area contributed by atoms with Gasteiger partial charge in [0.25, 0.3) is 0 Å². The van der Waals surface area contributed by atoms with E-state index in [0.717, 1.165) is 5.69 Å². The lowest BCUT2D eigenvalue weighted by molar-refractivity contribution is -0.116. The Labute approximate surface area is 175 Å². The van der Waals surface area contributed by atoms with Crippen LogP contribution in [0.3, 0.4) is 0 Å². The molecule has 2 aromatic heterocycles. The molecule has 156 valence electrons. The standard InChI is InChI=1S/C22H26N6O2/c1-22(2,3)17-15-19(28(27-17)18-11-7-8-13-23-18)26-20(29)12-14-24-21(30)25-16-9-5-4-6-10-16/h4-11,13,15H,12,14H2,1-3H3,(H,26,29)(H2,24,25,30). The molecule has 3 N–H and O–H groups in total. The first-order chi connectivity index (χ1) is 14.3. The number of nitrogens with zero attached hydrogens (tertiary/aromatic N) is 3. The lowest BCUT2D eigenvalue weighted by Crippen LogP contribution is -2.31. The van der Waals surface area contributed by atoms with Crippen molar-refractivity contribution in [2.75, 3.05) is 17.2 Å². The largest absolute Gasteiger partial charge is 0.337 e. The van der Waals surface area contributed by atoms with E-state index in [9.17, 15) is 9.59 Å². The highest BCUT2D eigenvalue weighted by molar-refractivity contribution is 5.92. The molecule has 0 aliphatic heterocycles. The Morgan fingerprint density at radius 2 is 1.73 bits per heavy atom. The van der Waals surface area contributed by atoms with Gasteiger partial charge in [-0.2, -0.15) is 9.78 Å². The molecule has 0 bridgehead atoms. The predicted molar refractivity (Wildman–Crippen MR) is 117 cm³/mol. The van der Waals surface area contributed by atoms with Crippen LogP contribution in [0.5, 0.6) is 0 Å². The first-order valence-electron chi connectivity index (χ1n) is 9.74. The van der Waals surface area contributed by atoms with Gasteiger partial charge in [-0.3, -0.25) is 4.79 Å². The van der Waals surface area contributed by atoms with Gasteiger partial charge in [-0.25, -0.2) is 9.78 Å². The van der Waals surface area contributed by atoms with Crippen LogP contribution in [0, 0.1) is 0 Å². The van der Waals surface area contributed by atoms with E-state index in [2.05, 4.69) is 46.8 Å². The predicted octanol–water partition coefficient (Wildman–Crippen LogP) is 3.72. The normalized spacial score (nSPS) is 11.0. The summed E-state index contributed by atoms with van der Waals surface area (Å²) in [5, 5.41) is 12.9. The van der Waals surface area contributed by atoms with Crippen molar-refractivity contribution < 1.29 is 9.59 Å². The Kier molecular flexibility index (Phi) is 6.46. The van der Waals surface area contributed by atoms with Gasteiger partial charge in [-0.15, -0.1) is 0 Å². The van der Waals surface area contributed by atoms with Gasteiger partial charge in [-0.1, -0.05) is 45.0 Å². The summed E-state index contributed by atoms with van der Waals surface area (Å²) < 4.78 is 1.62. The van der Waals surface area contributed by atoms with Crippen LogP contribution in [0.15, 0.2) is 60.8 Å². The molecule has 8 nitrogen and oxygen atoms in total. The fourth-order valence-electron chi connectivity index (χ4n) is 2.68. The van der Waals surface area contributed by atoms with E-state index in [-0.39, 0.29) is 30.3 Å². The van der Waals surface area contributed by atoms with Gasteiger partial charge < -0.3 is 16.0 Å². The van der Waals surface area contributed by atoms with Crippen LogP contribution in [-0.4, -0.2) is 33.2 Å². The van der Waals surface area contributed by atoms with Crippen LogP contribution in [0.25, 0.3) is 5.82 Å². The number of para-hydroxylation sites is 1. The average molecular weight is 406 g/mol. The monoisotopic (exact) mass is 406 g/mol. The van der Waals surface area contributed by atoms with Crippen LogP contribution in [-0.2, 0) is 10.2 Å². The van der Waals surface area contributed by atoms with Crippen molar-refractivity contribution in [1.29, 1.82) is 0 Å². The number of nitrogens with one attached hydrogen (secondary N) is 3. The topological polar surface area (TPSA) is 101 Å². The van der Waals surface area contributed by atoms with Crippen molar-refractivity contribution in [2.45, 2.75) is 32.6 Å². The number of amides is 3. The molecule has 3 amide bonds. The van der Waals surface area contributed by atoms with Crippen LogP contribution in [0.4, 0.5) is 16.3 Å². The quantitative estimate of drug-likeness (QED) is 0.581. The molecule has 3 rings (SSSR count). The minimum absolute atomic E-state index is 0.125. The maximum absolute atomic E-state index is 12.5. The summed E-state index contributed by atoms with van der Waals surface area (Å²) in [4.78, 5) is 28.7. The number of carbonyl (C=O) groups is 2. The molecule has 0 fully saturated rings. The lowest BCUT2D eigenvalue weighted by Gasteiger charge is -2.13. The van der Waals surface area contributed by atoms with E-state index in [1.165, 1.54) is 0 Å². The molecule has 0 saturated heterocycles. The summed E-state index contributed by atoms with van der Waals surface area (Å²) in [6.07, 6.45) is 1.80. The molecular weight excluding hydrogens is 380 g/mol. The minimum atomic E-state index is -0.359. The molecule has 0 atom stereocenters. The van der Waals surface area contributed by atoms with Crippen molar-refractivity contribution in [2.24, 2.45) is 0 Å². The fourth-order valence-corrected chi connectivity index (χ4v) is 2.68. The molecule has 2 heterocycles. The highest BCUT2D eigenvalue weighted by Gasteiger charge is 2.21. The lowest BCUT2D eigenvalue weighted by atomic mass is 9.92. The summed E-state index contributed by atoms with van der Waals surface area (Å²) in [5.41, 5.74) is 1.34. The third kappa shape index (κ3) is 5.66. The molecule has 0 aliphatic rings. The second-order valence-electron chi connectivity index (χ2n) is 7.81. The summed E-state index contributed by atoms with van der Waals surface area (Å²) in [6, 6.07) is 16.1. The maximum atomic E-state index is 12.5. The molecule has 0 spiro atoms. The Morgan fingerprint density at radius 1 is 1.00 bits per heavy atom. The molecule has 8 heteroatoms. The smallest absolute Gasteiger partial charge is 0.319 e. The Morgan fingerprint density at radius 3 is 2.40 bits per heavy atom. The summed E-state index contributed by atoms with van der Waals surface area (Å²) in [6.45, 7) is 6.37. The second-order valence-corrected chi connectivity index (χ2v) is 7.81. The van der Waals surface area contributed by atoms with Crippen LogP contribution in [0.2, 0.25) is 0 Å². The number of pyridine rings is 1. The van der Waals surface area contributed by atoms with Crippen molar-refractivity contribution in [1.82, 2.24) is 20.1 Å². The number of hydrogen-bond donors (Lipinski definition) is 3. The van der Waals surface area contributed by atoms with Gasteiger partial charge in [0.15, 0.2) is 5.82 Å². The zero-order chi connectivity index (χ0) is 21.6. The first-order valence-corrected chi connectivity index (χ1v) is 9.74. The number of aromatic nitrogens is 3. The number of carbonyl (C=O) groups excluding carboxylic acids is 2. The fraction of sp³-hybridized carbons (Fsp3) is 0.273. The summed E-state index contributed by atoms with van der Waals surface area (Å²) >= 11 is 0. The van der Waals surface area contributed by atoms with E-state index in [4.69, 9.17) is 0 Å². The third-order valence-electron chi connectivity index (χ3n) is 4.28. The molecule has 3 aromatic rings. The zero-order valence-corrected chi connectivity index (χ0v) is 17.3. The van der Waals surface area contributed by atoms with Crippen LogP contribution < -0.4 is 16.0 Å². The molecule has 0 saturated carbocycles.